The Labute approximate surface area is 146 Å². The molecule has 1 aromatic carbocycles. The van der Waals surface area contributed by atoms with Gasteiger partial charge in [-0.3, -0.25) is 0 Å². The number of hydrogen-bond acceptors (Lipinski definition) is 4. The van der Waals surface area contributed by atoms with Gasteiger partial charge in [-0.2, -0.15) is 0 Å². The number of para-hydroxylation sites is 1. The lowest BCUT2D eigenvalue weighted by Gasteiger charge is -2.17. The molecular weight excluding hydrogens is 318 g/mol. The summed E-state index contributed by atoms with van der Waals surface area (Å²) in [6.45, 7) is 7.64. The Morgan fingerprint density at radius 3 is 2.64 bits per heavy atom. The van der Waals surface area contributed by atoms with E-state index in [1.54, 1.807) is 0 Å². The largest absolute Gasteiger partial charge is 0.459 e. The van der Waals surface area contributed by atoms with Crippen molar-refractivity contribution in [2.24, 2.45) is 0 Å². The lowest BCUT2D eigenvalue weighted by Crippen LogP contribution is -2.42. The molecule has 132 valence electrons. The van der Waals surface area contributed by atoms with Crippen LogP contribution in [0, 0.1) is 13.8 Å². The molecule has 2 N–H and O–H groups in total. The summed E-state index contributed by atoms with van der Waals surface area (Å²) in [6.07, 6.45) is 0.674. The van der Waals surface area contributed by atoms with Gasteiger partial charge in [0.1, 0.15) is 17.1 Å². The normalized spacial score (nSPS) is 13.6. The van der Waals surface area contributed by atoms with E-state index in [1.807, 2.05) is 58.0 Å². The van der Waals surface area contributed by atoms with Crippen molar-refractivity contribution in [3.63, 3.8) is 0 Å². The average Bonchev–Trinajstić information content (AvgIpc) is 3.13. The van der Waals surface area contributed by atoms with Gasteiger partial charge in [-0.15, -0.1) is 0 Å². The molecule has 0 aliphatic heterocycles. The van der Waals surface area contributed by atoms with Crippen molar-refractivity contribution < 1.29 is 13.7 Å². The van der Waals surface area contributed by atoms with Crippen LogP contribution in [0.5, 0.6) is 0 Å². The van der Waals surface area contributed by atoms with Crippen molar-refractivity contribution >= 4 is 17.0 Å². The maximum Gasteiger partial charge on any atom is 0.315 e. The minimum absolute atomic E-state index is 0.0420. The summed E-state index contributed by atoms with van der Waals surface area (Å²) >= 11 is 0. The topological polar surface area (TPSA) is 80.3 Å². The summed E-state index contributed by atoms with van der Waals surface area (Å²) in [5, 5.41) is 10.8. The van der Waals surface area contributed by atoms with Crippen molar-refractivity contribution in [1.82, 2.24) is 15.8 Å². The Morgan fingerprint density at radius 1 is 1.20 bits per heavy atom. The van der Waals surface area contributed by atoms with Gasteiger partial charge in [0, 0.05) is 17.0 Å². The average molecular weight is 341 g/mol. The van der Waals surface area contributed by atoms with Crippen LogP contribution in [0.2, 0.25) is 0 Å². The first-order valence-corrected chi connectivity index (χ1v) is 8.41. The highest BCUT2D eigenvalue weighted by Gasteiger charge is 2.17. The first-order valence-electron chi connectivity index (χ1n) is 8.41. The minimum atomic E-state index is -0.229. The number of fused-ring (bicyclic) bond motifs is 1. The van der Waals surface area contributed by atoms with E-state index in [9.17, 15) is 4.79 Å². The molecule has 2 atom stereocenters. The first-order chi connectivity index (χ1) is 11.9. The summed E-state index contributed by atoms with van der Waals surface area (Å²) in [4.78, 5) is 12.2. The molecule has 0 fully saturated rings. The summed E-state index contributed by atoms with van der Waals surface area (Å²) in [5.74, 6) is 1.52. The van der Waals surface area contributed by atoms with Gasteiger partial charge in [0.2, 0.25) is 0 Å². The molecule has 2 aromatic heterocycles. The molecule has 0 aliphatic carbocycles. The third-order valence-electron chi connectivity index (χ3n) is 4.29. The van der Waals surface area contributed by atoms with Crippen LogP contribution in [0.3, 0.4) is 0 Å². The number of aromatic nitrogens is 1. The van der Waals surface area contributed by atoms with Gasteiger partial charge < -0.3 is 19.6 Å². The van der Waals surface area contributed by atoms with Gasteiger partial charge in [-0.05, 0) is 46.2 Å². The molecule has 3 aromatic rings. The summed E-state index contributed by atoms with van der Waals surface area (Å²) in [7, 11) is 0. The van der Waals surface area contributed by atoms with E-state index in [4.69, 9.17) is 8.94 Å². The number of nitrogens with one attached hydrogen (secondary N) is 2. The number of carbonyl (C=O) groups excluding carboxylic acids is 1. The lowest BCUT2D eigenvalue weighted by molar-refractivity contribution is 0.233. The molecule has 0 bridgehead atoms. The van der Waals surface area contributed by atoms with Crippen LogP contribution < -0.4 is 10.6 Å². The fourth-order valence-corrected chi connectivity index (χ4v) is 2.90. The summed E-state index contributed by atoms with van der Waals surface area (Å²) < 4.78 is 11.0. The maximum atomic E-state index is 12.2. The predicted octanol–water partition coefficient (Wildman–Crippen LogP) is 4.03. The second kappa shape index (κ2) is 7.01. The monoisotopic (exact) mass is 341 g/mol. The second-order valence-corrected chi connectivity index (χ2v) is 6.43. The Morgan fingerprint density at radius 2 is 1.96 bits per heavy atom. The molecule has 2 unspecified atom stereocenters. The van der Waals surface area contributed by atoms with Crippen LogP contribution in [-0.2, 0) is 6.42 Å². The van der Waals surface area contributed by atoms with Crippen LogP contribution in [0.4, 0.5) is 4.79 Å². The smallest absolute Gasteiger partial charge is 0.315 e. The molecule has 25 heavy (non-hydrogen) atoms. The third kappa shape index (κ3) is 3.84. The van der Waals surface area contributed by atoms with E-state index in [0.29, 0.717) is 6.42 Å². The van der Waals surface area contributed by atoms with Crippen LogP contribution >= 0.6 is 0 Å². The lowest BCUT2D eigenvalue weighted by atomic mass is 10.1. The SMILES string of the molecule is Cc1noc(C)c1CC(C)NC(=O)NC(C)c1cc2ccccc2o1. The third-order valence-corrected chi connectivity index (χ3v) is 4.29. The number of hydrogen-bond donors (Lipinski definition) is 2. The molecular formula is C19H23N3O3. The highest BCUT2D eigenvalue weighted by molar-refractivity contribution is 5.78. The minimum Gasteiger partial charge on any atom is -0.459 e. The van der Waals surface area contributed by atoms with E-state index >= 15 is 0 Å². The van der Waals surface area contributed by atoms with E-state index in [-0.39, 0.29) is 18.1 Å². The highest BCUT2D eigenvalue weighted by Crippen LogP contribution is 2.23. The molecule has 6 nitrogen and oxygen atoms in total. The van der Waals surface area contributed by atoms with Gasteiger partial charge in [-0.25, -0.2) is 4.79 Å². The number of nitrogens with zero attached hydrogens (tertiary/aromatic N) is 1. The van der Waals surface area contributed by atoms with Crippen molar-refractivity contribution in [2.45, 2.75) is 46.2 Å². The predicted molar refractivity (Wildman–Crippen MR) is 95.4 cm³/mol. The number of rotatable bonds is 5. The summed E-state index contributed by atoms with van der Waals surface area (Å²) in [5.41, 5.74) is 2.72. The second-order valence-electron chi connectivity index (χ2n) is 6.43. The number of urea groups is 1. The van der Waals surface area contributed by atoms with Crippen LogP contribution in [0.1, 0.15) is 42.7 Å². The Hall–Kier alpha value is -2.76. The molecule has 2 amide bonds. The van der Waals surface area contributed by atoms with Crippen molar-refractivity contribution in [3.05, 3.63) is 53.1 Å². The Balaban J connectivity index is 1.58. The zero-order chi connectivity index (χ0) is 18.0. The molecule has 0 radical (unpaired) electrons. The van der Waals surface area contributed by atoms with Crippen LogP contribution in [0.15, 0.2) is 39.3 Å². The van der Waals surface area contributed by atoms with E-state index < -0.39 is 0 Å². The van der Waals surface area contributed by atoms with Crippen molar-refractivity contribution in [2.75, 3.05) is 0 Å². The number of carbonyl (C=O) groups is 1. The van der Waals surface area contributed by atoms with E-state index in [2.05, 4.69) is 15.8 Å². The van der Waals surface area contributed by atoms with Crippen molar-refractivity contribution in [3.8, 4) is 0 Å². The zero-order valence-electron chi connectivity index (χ0n) is 14.9. The number of furan rings is 1. The fraction of sp³-hybridized carbons (Fsp3) is 0.368. The zero-order valence-corrected chi connectivity index (χ0v) is 14.9. The quantitative estimate of drug-likeness (QED) is 0.734. The highest BCUT2D eigenvalue weighted by atomic mass is 16.5. The van der Waals surface area contributed by atoms with Gasteiger partial charge in [0.05, 0.1) is 11.7 Å². The number of benzene rings is 1. The first kappa shape index (κ1) is 17.1. The van der Waals surface area contributed by atoms with Gasteiger partial charge in [0.15, 0.2) is 0 Å². The molecule has 0 saturated heterocycles. The van der Waals surface area contributed by atoms with Gasteiger partial charge in [-0.1, -0.05) is 23.4 Å². The molecule has 0 spiro atoms. The molecule has 3 rings (SSSR count). The van der Waals surface area contributed by atoms with Crippen molar-refractivity contribution in [1.29, 1.82) is 0 Å². The molecule has 6 heteroatoms. The Bertz CT molecular complexity index is 829. The Kier molecular flexibility index (Phi) is 4.79. The fourth-order valence-electron chi connectivity index (χ4n) is 2.90. The van der Waals surface area contributed by atoms with Crippen LogP contribution in [-0.4, -0.2) is 17.2 Å². The van der Waals surface area contributed by atoms with E-state index in [0.717, 1.165) is 33.7 Å². The molecule has 0 aliphatic rings. The van der Waals surface area contributed by atoms with E-state index in [1.165, 1.54) is 0 Å². The molecule has 2 heterocycles. The molecule has 0 saturated carbocycles. The number of aryl methyl sites for hydroxylation is 2. The van der Waals surface area contributed by atoms with Gasteiger partial charge in [0.25, 0.3) is 0 Å². The summed E-state index contributed by atoms with van der Waals surface area (Å²) in [6, 6.07) is 9.25. The standard InChI is InChI=1S/C19H23N3O3/c1-11(9-16-12(2)22-25-14(16)4)20-19(23)21-13(3)18-10-15-7-5-6-8-17(15)24-18/h5-8,10-11,13H,9H2,1-4H3,(H2,20,21,23). The maximum absolute atomic E-state index is 12.2. The van der Waals surface area contributed by atoms with Gasteiger partial charge >= 0.3 is 6.03 Å². The van der Waals surface area contributed by atoms with Crippen LogP contribution in [0.25, 0.3) is 11.0 Å². The number of amides is 2.